The minimum Gasteiger partial charge on any atom is -0.381 e. The van der Waals surface area contributed by atoms with Gasteiger partial charge >= 0.3 is 10.2 Å². The predicted octanol–water partition coefficient (Wildman–Crippen LogP) is 0.835. The molecule has 1 N–H and O–H groups in total. The molecule has 0 aromatic carbocycles. The van der Waals surface area contributed by atoms with E-state index in [0.717, 1.165) is 45.4 Å². The fourth-order valence-electron chi connectivity index (χ4n) is 2.65. The molecule has 0 saturated carbocycles. The fraction of sp³-hybridized carbons (Fsp3) is 1.00. The van der Waals surface area contributed by atoms with Gasteiger partial charge in [-0.05, 0) is 31.1 Å². The number of rotatable bonds is 2. The zero-order chi connectivity index (χ0) is 11.6. The highest BCUT2D eigenvalue weighted by molar-refractivity contribution is 7.86. The van der Waals surface area contributed by atoms with Crippen LogP contribution in [0.1, 0.15) is 25.7 Å². The van der Waals surface area contributed by atoms with Crippen molar-refractivity contribution >= 4 is 10.2 Å². The average molecular weight is 251 g/mol. The molecule has 1 spiro atoms. The third-order valence-corrected chi connectivity index (χ3v) is 4.54. The van der Waals surface area contributed by atoms with Gasteiger partial charge in [-0.15, -0.1) is 3.89 Å². The van der Waals surface area contributed by atoms with E-state index in [1.54, 1.807) is 0 Å². The second kappa shape index (κ2) is 4.58. The standard InChI is InChI=1S/C10H18FNO3S/c11-16(13,14)7-9-1-2-10(8-12-9)3-5-15-6-4-10/h9,12H,1-8H2. The van der Waals surface area contributed by atoms with E-state index in [2.05, 4.69) is 5.32 Å². The van der Waals surface area contributed by atoms with Crippen molar-refractivity contribution in [3.63, 3.8) is 0 Å². The summed E-state index contributed by atoms with van der Waals surface area (Å²) in [6, 6.07) is -0.219. The van der Waals surface area contributed by atoms with Gasteiger partial charge in [-0.3, -0.25) is 0 Å². The molecule has 16 heavy (non-hydrogen) atoms. The summed E-state index contributed by atoms with van der Waals surface area (Å²) >= 11 is 0. The summed E-state index contributed by atoms with van der Waals surface area (Å²) in [5.74, 6) is -0.389. The lowest BCUT2D eigenvalue weighted by Gasteiger charge is -2.43. The molecule has 2 fully saturated rings. The Morgan fingerprint density at radius 1 is 1.31 bits per heavy atom. The van der Waals surface area contributed by atoms with Crippen LogP contribution in [0.2, 0.25) is 0 Å². The number of halogens is 1. The van der Waals surface area contributed by atoms with E-state index < -0.39 is 10.2 Å². The summed E-state index contributed by atoms with van der Waals surface area (Å²) in [5, 5.41) is 3.16. The third kappa shape index (κ3) is 3.15. The molecule has 6 heteroatoms. The monoisotopic (exact) mass is 251 g/mol. The Labute approximate surface area is 95.8 Å². The molecule has 0 bridgehead atoms. The van der Waals surface area contributed by atoms with Gasteiger partial charge in [-0.2, -0.15) is 8.42 Å². The topological polar surface area (TPSA) is 55.4 Å². The molecular weight excluding hydrogens is 233 g/mol. The Hall–Kier alpha value is -0.200. The van der Waals surface area contributed by atoms with Gasteiger partial charge in [0.1, 0.15) is 0 Å². The first-order valence-corrected chi connectivity index (χ1v) is 7.28. The lowest BCUT2D eigenvalue weighted by Crippen LogP contribution is -2.50. The van der Waals surface area contributed by atoms with Crippen LogP contribution >= 0.6 is 0 Å². The summed E-state index contributed by atoms with van der Waals surface area (Å²) in [6.45, 7) is 2.36. The number of nitrogens with one attached hydrogen (secondary N) is 1. The maximum Gasteiger partial charge on any atom is 0.303 e. The van der Waals surface area contributed by atoms with Gasteiger partial charge in [0, 0.05) is 25.8 Å². The largest absolute Gasteiger partial charge is 0.381 e. The van der Waals surface area contributed by atoms with E-state index in [4.69, 9.17) is 4.74 Å². The highest BCUT2D eigenvalue weighted by Crippen LogP contribution is 2.37. The maximum absolute atomic E-state index is 12.5. The Kier molecular flexibility index (Phi) is 3.51. The van der Waals surface area contributed by atoms with Crippen LogP contribution in [0.25, 0.3) is 0 Å². The van der Waals surface area contributed by atoms with Crippen LogP contribution in [-0.2, 0) is 15.0 Å². The SMILES string of the molecule is O=S(=O)(F)CC1CCC2(CCOCC2)CN1. The number of ether oxygens (including phenoxy) is 1. The molecule has 1 unspecified atom stereocenters. The fourth-order valence-corrected chi connectivity index (χ4v) is 3.41. The second-order valence-corrected chi connectivity index (χ2v) is 6.35. The molecule has 2 heterocycles. The Morgan fingerprint density at radius 3 is 2.50 bits per heavy atom. The number of hydrogen-bond donors (Lipinski definition) is 1. The number of piperidine rings is 1. The molecule has 0 aromatic rings. The quantitative estimate of drug-likeness (QED) is 0.739. The van der Waals surface area contributed by atoms with Gasteiger partial charge in [0.15, 0.2) is 0 Å². The van der Waals surface area contributed by atoms with E-state index in [-0.39, 0.29) is 17.2 Å². The lowest BCUT2D eigenvalue weighted by atomic mass is 9.73. The molecule has 4 nitrogen and oxygen atoms in total. The predicted molar refractivity (Wildman–Crippen MR) is 58.4 cm³/mol. The zero-order valence-electron chi connectivity index (χ0n) is 9.25. The van der Waals surface area contributed by atoms with Crippen LogP contribution in [-0.4, -0.2) is 40.0 Å². The maximum atomic E-state index is 12.5. The molecule has 2 rings (SSSR count). The van der Waals surface area contributed by atoms with Crippen molar-refractivity contribution in [3.8, 4) is 0 Å². The Morgan fingerprint density at radius 2 is 2.00 bits per heavy atom. The molecule has 0 aromatic heterocycles. The van der Waals surface area contributed by atoms with E-state index >= 15 is 0 Å². The first-order chi connectivity index (χ1) is 7.49. The highest BCUT2D eigenvalue weighted by atomic mass is 32.3. The molecule has 94 valence electrons. The Balaban J connectivity index is 1.86. The van der Waals surface area contributed by atoms with Gasteiger partial charge < -0.3 is 10.1 Å². The molecule has 0 amide bonds. The van der Waals surface area contributed by atoms with Crippen molar-refractivity contribution in [1.82, 2.24) is 5.32 Å². The minimum atomic E-state index is -4.35. The second-order valence-electron chi connectivity index (χ2n) is 4.93. The van der Waals surface area contributed by atoms with E-state index in [1.807, 2.05) is 0 Å². The van der Waals surface area contributed by atoms with Crippen LogP contribution in [0.5, 0.6) is 0 Å². The first-order valence-electron chi connectivity index (χ1n) is 5.73. The molecule has 0 aliphatic carbocycles. The van der Waals surface area contributed by atoms with E-state index in [0.29, 0.717) is 0 Å². The van der Waals surface area contributed by atoms with Crippen LogP contribution < -0.4 is 5.32 Å². The lowest BCUT2D eigenvalue weighted by molar-refractivity contribution is -0.00203. The molecular formula is C10H18FNO3S. The van der Waals surface area contributed by atoms with Crippen molar-refractivity contribution in [2.45, 2.75) is 31.7 Å². The summed E-state index contributed by atoms with van der Waals surface area (Å²) < 4.78 is 38.9. The summed E-state index contributed by atoms with van der Waals surface area (Å²) in [6.07, 6.45) is 3.76. The van der Waals surface area contributed by atoms with Crippen molar-refractivity contribution in [3.05, 3.63) is 0 Å². The summed E-state index contributed by atoms with van der Waals surface area (Å²) in [5.41, 5.74) is 0.259. The van der Waals surface area contributed by atoms with Crippen LogP contribution in [0.3, 0.4) is 0 Å². The highest BCUT2D eigenvalue weighted by Gasteiger charge is 2.37. The summed E-state index contributed by atoms with van der Waals surface area (Å²) in [4.78, 5) is 0. The van der Waals surface area contributed by atoms with Crippen molar-refractivity contribution < 1.29 is 17.0 Å². The minimum absolute atomic E-state index is 0.219. The smallest absolute Gasteiger partial charge is 0.303 e. The molecule has 2 aliphatic rings. The van der Waals surface area contributed by atoms with Crippen LogP contribution in [0.15, 0.2) is 0 Å². The summed E-state index contributed by atoms with van der Waals surface area (Å²) in [7, 11) is -4.35. The van der Waals surface area contributed by atoms with Crippen molar-refractivity contribution in [2.24, 2.45) is 5.41 Å². The average Bonchev–Trinajstić information content (AvgIpc) is 2.22. The Bertz CT molecular complexity index is 328. The molecule has 2 saturated heterocycles. The van der Waals surface area contributed by atoms with Gasteiger partial charge in [0.2, 0.25) is 0 Å². The first kappa shape index (κ1) is 12.3. The third-order valence-electron chi connectivity index (χ3n) is 3.74. The van der Waals surface area contributed by atoms with Gasteiger partial charge in [0.25, 0.3) is 0 Å². The molecule has 1 atom stereocenters. The number of hydrogen-bond acceptors (Lipinski definition) is 4. The van der Waals surface area contributed by atoms with Crippen LogP contribution in [0, 0.1) is 5.41 Å². The van der Waals surface area contributed by atoms with Gasteiger partial charge in [-0.25, -0.2) is 0 Å². The van der Waals surface area contributed by atoms with Crippen LogP contribution in [0.4, 0.5) is 3.89 Å². The molecule has 0 radical (unpaired) electrons. The normalized spacial score (nSPS) is 30.4. The van der Waals surface area contributed by atoms with E-state index in [9.17, 15) is 12.3 Å². The zero-order valence-corrected chi connectivity index (χ0v) is 10.1. The van der Waals surface area contributed by atoms with Crippen molar-refractivity contribution in [2.75, 3.05) is 25.5 Å². The van der Waals surface area contributed by atoms with Gasteiger partial charge in [0.05, 0.1) is 5.75 Å². The molecule has 2 aliphatic heterocycles. The van der Waals surface area contributed by atoms with Gasteiger partial charge in [-0.1, -0.05) is 0 Å². The van der Waals surface area contributed by atoms with E-state index in [1.165, 1.54) is 0 Å². The van der Waals surface area contributed by atoms with Crippen molar-refractivity contribution in [1.29, 1.82) is 0 Å².